The molecule has 2 amide bonds. The second-order valence-corrected chi connectivity index (χ2v) is 7.25. The summed E-state index contributed by atoms with van der Waals surface area (Å²) in [7, 11) is 0. The molecule has 2 N–H and O–H groups in total. The molecule has 0 spiro atoms. The molecule has 148 valence electrons. The smallest absolute Gasteiger partial charge is 0.248 e. The summed E-state index contributed by atoms with van der Waals surface area (Å²) in [4.78, 5) is 32.6. The highest BCUT2D eigenvalue weighted by Gasteiger charge is 2.12. The summed E-state index contributed by atoms with van der Waals surface area (Å²) in [6.07, 6.45) is 3.83. The number of hydrogen-bond acceptors (Lipinski definition) is 5. The normalized spacial score (nSPS) is 10.4. The summed E-state index contributed by atoms with van der Waals surface area (Å²) in [5.41, 5.74) is 1.59. The summed E-state index contributed by atoms with van der Waals surface area (Å²) in [5.74, 6) is -1.28. The lowest BCUT2D eigenvalue weighted by Gasteiger charge is -2.08. The van der Waals surface area contributed by atoms with E-state index in [1.807, 2.05) is 6.92 Å². The Kier molecular flexibility index (Phi) is 6.46. The lowest BCUT2D eigenvalue weighted by atomic mass is 10.0. The van der Waals surface area contributed by atoms with Crippen molar-refractivity contribution in [2.24, 2.45) is 0 Å². The number of carbonyl (C=O) groups is 2. The molecule has 3 aromatic rings. The SMILES string of the molecule is C=CC(=O)Nc1ccc(-c2cccc(CC(=O)Nc3ncc(CC)s3)c2)c(F)n1. The van der Waals surface area contributed by atoms with Gasteiger partial charge in [-0.25, -0.2) is 9.97 Å². The number of hydrogen-bond donors (Lipinski definition) is 2. The van der Waals surface area contributed by atoms with E-state index < -0.39 is 11.9 Å². The van der Waals surface area contributed by atoms with E-state index in [4.69, 9.17) is 0 Å². The number of thiazole rings is 1. The Balaban J connectivity index is 1.72. The third-order valence-electron chi connectivity index (χ3n) is 4.04. The minimum atomic E-state index is -0.719. The van der Waals surface area contributed by atoms with Gasteiger partial charge in [-0.15, -0.1) is 11.3 Å². The Morgan fingerprint density at radius 1 is 1.24 bits per heavy atom. The van der Waals surface area contributed by atoms with Crippen LogP contribution in [-0.2, 0) is 22.4 Å². The third kappa shape index (κ3) is 5.32. The van der Waals surface area contributed by atoms with Gasteiger partial charge in [0.05, 0.1) is 6.42 Å². The van der Waals surface area contributed by atoms with Crippen molar-refractivity contribution in [3.05, 3.63) is 71.6 Å². The Labute approximate surface area is 171 Å². The highest BCUT2D eigenvalue weighted by Crippen LogP contribution is 2.25. The summed E-state index contributed by atoms with van der Waals surface area (Å²) >= 11 is 1.44. The summed E-state index contributed by atoms with van der Waals surface area (Å²) in [6.45, 7) is 5.37. The largest absolute Gasteiger partial charge is 0.307 e. The zero-order valence-corrected chi connectivity index (χ0v) is 16.6. The molecule has 29 heavy (non-hydrogen) atoms. The minimum absolute atomic E-state index is 0.0987. The first-order valence-electron chi connectivity index (χ1n) is 8.92. The molecule has 2 heterocycles. The highest BCUT2D eigenvalue weighted by molar-refractivity contribution is 7.15. The van der Waals surface area contributed by atoms with Crippen LogP contribution in [0.4, 0.5) is 15.3 Å². The van der Waals surface area contributed by atoms with Gasteiger partial charge in [-0.05, 0) is 35.8 Å². The fourth-order valence-electron chi connectivity index (χ4n) is 2.62. The molecule has 0 bridgehead atoms. The molecule has 0 atom stereocenters. The van der Waals surface area contributed by atoms with Gasteiger partial charge in [-0.3, -0.25) is 9.59 Å². The van der Waals surface area contributed by atoms with Gasteiger partial charge in [-0.1, -0.05) is 37.8 Å². The molecular weight excluding hydrogens is 391 g/mol. The van der Waals surface area contributed by atoms with Crippen molar-refractivity contribution >= 4 is 34.1 Å². The van der Waals surface area contributed by atoms with Crippen LogP contribution < -0.4 is 10.6 Å². The van der Waals surface area contributed by atoms with Crippen LogP contribution in [0.2, 0.25) is 0 Å². The fraction of sp³-hybridized carbons (Fsp3) is 0.143. The van der Waals surface area contributed by atoms with Crippen LogP contribution in [0.1, 0.15) is 17.4 Å². The molecular formula is C21H19FN4O2S. The first-order valence-corrected chi connectivity index (χ1v) is 9.74. The maximum absolute atomic E-state index is 14.4. The molecule has 0 saturated carbocycles. The van der Waals surface area contributed by atoms with Crippen molar-refractivity contribution in [3.8, 4) is 11.1 Å². The number of nitrogens with zero attached hydrogens (tertiary/aromatic N) is 2. The Bertz CT molecular complexity index is 1060. The molecule has 0 radical (unpaired) electrons. The monoisotopic (exact) mass is 410 g/mol. The van der Waals surface area contributed by atoms with Crippen LogP contribution in [-0.4, -0.2) is 21.8 Å². The zero-order chi connectivity index (χ0) is 20.8. The number of halogens is 1. The Morgan fingerprint density at radius 2 is 2.07 bits per heavy atom. The van der Waals surface area contributed by atoms with E-state index in [1.165, 1.54) is 23.5 Å². The van der Waals surface area contributed by atoms with Gasteiger partial charge >= 0.3 is 0 Å². The molecule has 0 saturated heterocycles. The van der Waals surface area contributed by atoms with Crippen molar-refractivity contribution in [2.75, 3.05) is 10.6 Å². The molecule has 0 aliphatic rings. The second-order valence-electron chi connectivity index (χ2n) is 6.14. The van der Waals surface area contributed by atoms with Gasteiger partial charge in [-0.2, -0.15) is 4.39 Å². The van der Waals surface area contributed by atoms with E-state index in [0.29, 0.717) is 10.7 Å². The topological polar surface area (TPSA) is 84.0 Å². The van der Waals surface area contributed by atoms with Crippen LogP contribution in [0.3, 0.4) is 0 Å². The molecule has 0 aliphatic carbocycles. The molecule has 0 aliphatic heterocycles. The van der Waals surface area contributed by atoms with Crippen LogP contribution >= 0.6 is 11.3 Å². The lowest BCUT2D eigenvalue weighted by Crippen LogP contribution is -2.14. The van der Waals surface area contributed by atoms with E-state index in [9.17, 15) is 14.0 Å². The Morgan fingerprint density at radius 3 is 2.76 bits per heavy atom. The van der Waals surface area contributed by atoms with E-state index in [0.717, 1.165) is 22.9 Å². The minimum Gasteiger partial charge on any atom is -0.307 e. The highest BCUT2D eigenvalue weighted by atomic mass is 32.1. The van der Waals surface area contributed by atoms with Crippen molar-refractivity contribution in [1.29, 1.82) is 0 Å². The number of aryl methyl sites for hydroxylation is 1. The van der Waals surface area contributed by atoms with Crippen molar-refractivity contribution in [2.45, 2.75) is 19.8 Å². The first kappa shape index (κ1) is 20.3. The number of anilines is 2. The van der Waals surface area contributed by atoms with E-state index >= 15 is 0 Å². The molecule has 1 aromatic carbocycles. The maximum atomic E-state index is 14.4. The van der Waals surface area contributed by atoms with Gasteiger partial charge in [0, 0.05) is 16.6 Å². The predicted molar refractivity (Wildman–Crippen MR) is 112 cm³/mol. The molecule has 0 unspecified atom stereocenters. The zero-order valence-electron chi connectivity index (χ0n) is 15.7. The number of rotatable bonds is 7. The summed E-state index contributed by atoms with van der Waals surface area (Å²) < 4.78 is 14.4. The van der Waals surface area contributed by atoms with Gasteiger partial charge in [0.1, 0.15) is 5.82 Å². The third-order valence-corrected chi connectivity index (χ3v) is 5.09. The van der Waals surface area contributed by atoms with Crippen molar-refractivity contribution in [3.63, 3.8) is 0 Å². The number of nitrogens with one attached hydrogen (secondary N) is 2. The van der Waals surface area contributed by atoms with Crippen LogP contribution in [0.15, 0.2) is 55.3 Å². The second kappa shape index (κ2) is 9.20. The molecule has 3 rings (SSSR count). The average molecular weight is 410 g/mol. The van der Waals surface area contributed by atoms with E-state index in [2.05, 4.69) is 27.2 Å². The molecule has 0 fully saturated rings. The average Bonchev–Trinajstić information content (AvgIpc) is 3.15. The van der Waals surface area contributed by atoms with Crippen molar-refractivity contribution < 1.29 is 14.0 Å². The van der Waals surface area contributed by atoms with Crippen LogP contribution in [0, 0.1) is 5.95 Å². The maximum Gasteiger partial charge on any atom is 0.248 e. The van der Waals surface area contributed by atoms with Gasteiger partial charge < -0.3 is 10.6 Å². The van der Waals surface area contributed by atoms with Crippen molar-refractivity contribution in [1.82, 2.24) is 9.97 Å². The van der Waals surface area contributed by atoms with Gasteiger partial charge in [0.2, 0.25) is 17.8 Å². The quantitative estimate of drug-likeness (QED) is 0.451. The molecule has 2 aromatic heterocycles. The van der Waals surface area contributed by atoms with Crippen LogP contribution in [0.25, 0.3) is 11.1 Å². The fourth-order valence-corrected chi connectivity index (χ4v) is 3.39. The first-order chi connectivity index (χ1) is 14.0. The number of benzene rings is 1. The standard InChI is InChI=1S/C21H19FN4O2S/c1-3-15-12-23-21(29-15)26-19(28)11-13-6-5-7-14(10-13)16-8-9-17(25-20(16)22)24-18(27)4-2/h4-10,12H,2-3,11H2,1H3,(H,23,26,28)(H,24,25,27). The number of pyridine rings is 1. The molecule has 6 nitrogen and oxygen atoms in total. The molecule has 8 heteroatoms. The number of aromatic nitrogens is 2. The Hall–Kier alpha value is -3.39. The predicted octanol–water partition coefficient (Wildman–Crippen LogP) is 4.21. The van der Waals surface area contributed by atoms with E-state index in [-0.39, 0.29) is 23.7 Å². The van der Waals surface area contributed by atoms with Gasteiger partial charge in [0.15, 0.2) is 5.13 Å². The summed E-state index contributed by atoms with van der Waals surface area (Å²) in [5, 5.41) is 5.76. The van der Waals surface area contributed by atoms with Gasteiger partial charge in [0.25, 0.3) is 0 Å². The number of amides is 2. The lowest BCUT2D eigenvalue weighted by molar-refractivity contribution is -0.115. The summed E-state index contributed by atoms with van der Waals surface area (Å²) in [6, 6.07) is 10.1. The van der Waals surface area contributed by atoms with E-state index in [1.54, 1.807) is 30.5 Å². The van der Waals surface area contributed by atoms with Crippen LogP contribution in [0.5, 0.6) is 0 Å². The number of carbonyl (C=O) groups excluding carboxylic acids is 2.